The van der Waals surface area contributed by atoms with E-state index in [-0.39, 0.29) is 24.3 Å². The summed E-state index contributed by atoms with van der Waals surface area (Å²) in [5.74, 6) is -0.169. The standard InChI is InChI=1S/C41H77NO6/c1-6-8-10-12-14-22-28-35-46-40(43)32-26-20-16-18-24-30-39(48-38(3)45-37-34-42(4)5)31-25-19-17-21-27-33-41(44)47-36-29-23-15-13-11-9-7-2/h22-23,28-29,38-39H,6-21,24-27,30-37H2,1-5H3. The third-order valence-electron chi connectivity index (χ3n) is 8.55. The Balaban J connectivity index is 4.11. The van der Waals surface area contributed by atoms with Crippen LogP contribution in [0.4, 0.5) is 0 Å². The first-order valence-corrected chi connectivity index (χ1v) is 19.9. The van der Waals surface area contributed by atoms with Gasteiger partial charge in [0.2, 0.25) is 0 Å². The summed E-state index contributed by atoms with van der Waals surface area (Å²) in [6, 6.07) is 0. The van der Waals surface area contributed by atoms with Crippen LogP contribution < -0.4 is 0 Å². The zero-order valence-corrected chi connectivity index (χ0v) is 32.2. The lowest BCUT2D eigenvalue weighted by Gasteiger charge is -2.23. The second-order valence-corrected chi connectivity index (χ2v) is 13.6. The average molecular weight is 680 g/mol. The molecule has 282 valence electrons. The van der Waals surface area contributed by atoms with Crippen LogP contribution in [0.25, 0.3) is 0 Å². The summed E-state index contributed by atoms with van der Waals surface area (Å²) in [6.45, 7) is 8.79. The van der Waals surface area contributed by atoms with Gasteiger partial charge in [-0.25, -0.2) is 0 Å². The van der Waals surface area contributed by atoms with Crippen LogP contribution in [-0.4, -0.2) is 69.7 Å². The molecular weight excluding hydrogens is 602 g/mol. The minimum absolute atomic E-state index is 0.0847. The molecule has 0 rings (SSSR count). The first-order chi connectivity index (χ1) is 23.4. The Morgan fingerprint density at radius 3 is 1.48 bits per heavy atom. The molecule has 0 saturated heterocycles. The highest BCUT2D eigenvalue weighted by molar-refractivity contribution is 5.69. The van der Waals surface area contributed by atoms with Crippen LogP contribution in [0.1, 0.15) is 175 Å². The average Bonchev–Trinajstić information content (AvgIpc) is 3.05. The van der Waals surface area contributed by atoms with Gasteiger partial charge in [0, 0.05) is 19.4 Å². The van der Waals surface area contributed by atoms with Crippen LogP contribution in [-0.2, 0) is 28.5 Å². The number of nitrogens with zero attached hydrogens (tertiary/aromatic N) is 1. The number of allylic oxidation sites excluding steroid dienone is 2. The molecule has 0 N–H and O–H groups in total. The molecule has 0 aromatic carbocycles. The van der Waals surface area contributed by atoms with E-state index in [9.17, 15) is 9.59 Å². The lowest BCUT2D eigenvalue weighted by atomic mass is 10.0. The molecule has 0 aromatic heterocycles. The lowest BCUT2D eigenvalue weighted by Crippen LogP contribution is -2.26. The quantitative estimate of drug-likeness (QED) is 0.0282. The van der Waals surface area contributed by atoms with E-state index >= 15 is 0 Å². The monoisotopic (exact) mass is 680 g/mol. The van der Waals surface area contributed by atoms with Crippen LogP contribution in [0.3, 0.4) is 0 Å². The fraction of sp³-hybridized carbons (Fsp3) is 0.854. The van der Waals surface area contributed by atoms with Crippen molar-refractivity contribution in [2.45, 2.75) is 187 Å². The summed E-state index contributed by atoms with van der Waals surface area (Å²) < 4.78 is 22.9. The maximum Gasteiger partial charge on any atom is 0.306 e. The Morgan fingerprint density at radius 1 is 0.583 bits per heavy atom. The molecule has 0 saturated carbocycles. The van der Waals surface area contributed by atoms with Gasteiger partial charge in [-0.15, -0.1) is 0 Å². The highest BCUT2D eigenvalue weighted by Gasteiger charge is 2.14. The van der Waals surface area contributed by atoms with Crippen molar-refractivity contribution in [3.63, 3.8) is 0 Å². The molecule has 0 fully saturated rings. The van der Waals surface area contributed by atoms with E-state index in [1.165, 1.54) is 51.4 Å². The normalized spacial score (nSPS) is 13.1. The SMILES string of the molecule is CCCCCCC=CCOC(=O)CCCCCCCC(CCCCCCCC(=O)OCC=CCCCCCC)OC(C)OCCN(C)C. The number of carbonyl (C=O) groups excluding carboxylic acids is 2. The number of unbranched alkanes of at least 4 members (excludes halogenated alkanes) is 16. The van der Waals surface area contributed by atoms with Crippen molar-refractivity contribution in [3.05, 3.63) is 24.3 Å². The molecule has 0 aromatic rings. The van der Waals surface area contributed by atoms with Crippen molar-refractivity contribution in [1.82, 2.24) is 4.90 Å². The fourth-order valence-electron chi connectivity index (χ4n) is 5.51. The van der Waals surface area contributed by atoms with Crippen LogP contribution in [0.2, 0.25) is 0 Å². The molecule has 7 nitrogen and oxygen atoms in total. The largest absolute Gasteiger partial charge is 0.461 e. The predicted molar refractivity (Wildman–Crippen MR) is 201 cm³/mol. The molecule has 0 radical (unpaired) electrons. The van der Waals surface area contributed by atoms with Gasteiger partial charge in [-0.1, -0.05) is 128 Å². The summed E-state index contributed by atoms with van der Waals surface area (Å²) in [4.78, 5) is 26.1. The van der Waals surface area contributed by atoms with Crippen LogP contribution in [0.15, 0.2) is 24.3 Å². The molecule has 0 heterocycles. The maximum absolute atomic E-state index is 12.0. The van der Waals surface area contributed by atoms with E-state index in [0.29, 0.717) is 32.7 Å². The number of hydrogen-bond acceptors (Lipinski definition) is 7. The fourth-order valence-corrected chi connectivity index (χ4v) is 5.51. The first kappa shape index (κ1) is 46.3. The van der Waals surface area contributed by atoms with E-state index in [1.54, 1.807) is 0 Å². The molecule has 48 heavy (non-hydrogen) atoms. The number of likely N-dealkylation sites (N-methyl/N-ethyl adjacent to an activating group) is 1. The number of carbonyl (C=O) groups is 2. The molecule has 0 bridgehead atoms. The first-order valence-electron chi connectivity index (χ1n) is 19.9. The molecule has 0 aliphatic carbocycles. The Morgan fingerprint density at radius 2 is 1.02 bits per heavy atom. The molecular formula is C41H77NO6. The smallest absolute Gasteiger partial charge is 0.306 e. The molecule has 0 aliphatic rings. The van der Waals surface area contributed by atoms with Crippen molar-refractivity contribution >= 4 is 11.9 Å². The number of ether oxygens (including phenoxy) is 4. The van der Waals surface area contributed by atoms with E-state index in [4.69, 9.17) is 18.9 Å². The summed E-state index contributed by atoms with van der Waals surface area (Å²) in [5.41, 5.74) is 0. The Hall–Kier alpha value is -1.70. The molecule has 7 heteroatoms. The topological polar surface area (TPSA) is 74.3 Å². The van der Waals surface area contributed by atoms with Crippen LogP contribution in [0, 0.1) is 0 Å². The van der Waals surface area contributed by atoms with Gasteiger partial charge in [0.05, 0.1) is 12.7 Å². The molecule has 0 amide bonds. The molecule has 0 spiro atoms. The van der Waals surface area contributed by atoms with Crippen molar-refractivity contribution in [2.24, 2.45) is 0 Å². The maximum atomic E-state index is 12.0. The Labute approximate surface area is 296 Å². The van der Waals surface area contributed by atoms with Gasteiger partial charge in [-0.3, -0.25) is 9.59 Å². The van der Waals surface area contributed by atoms with Gasteiger partial charge >= 0.3 is 11.9 Å². The highest BCUT2D eigenvalue weighted by Crippen LogP contribution is 2.19. The second-order valence-electron chi connectivity index (χ2n) is 13.6. The van der Waals surface area contributed by atoms with Gasteiger partial charge in [0.25, 0.3) is 0 Å². The summed E-state index contributed by atoms with van der Waals surface area (Å²) in [7, 11) is 4.10. The van der Waals surface area contributed by atoms with E-state index in [2.05, 4.69) is 30.9 Å². The van der Waals surface area contributed by atoms with Crippen molar-refractivity contribution in [2.75, 3.05) is 40.5 Å². The molecule has 1 atom stereocenters. The summed E-state index contributed by atoms with van der Waals surface area (Å²) in [5, 5.41) is 0. The number of esters is 2. The molecule has 1 unspecified atom stereocenters. The van der Waals surface area contributed by atoms with Crippen LogP contribution >= 0.6 is 0 Å². The minimum Gasteiger partial charge on any atom is -0.461 e. The van der Waals surface area contributed by atoms with Crippen molar-refractivity contribution in [1.29, 1.82) is 0 Å². The van der Waals surface area contributed by atoms with Gasteiger partial charge < -0.3 is 23.8 Å². The second kappa shape index (κ2) is 36.6. The zero-order chi connectivity index (χ0) is 35.3. The summed E-state index contributed by atoms with van der Waals surface area (Å²) >= 11 is 0. The Bertz CT molecular complexity index is 716. The van der Waals surface area contributed by atoms with Gasteiger partial charge in [0.1, 0.15) is 13.2 Å². The van der Waals surface area contributed by atoms with Gasteiger partial charge in [-0.2, -0.15) is 0 Å². The minimum atomic E-state index is -0.209. The zero-order valence-electron chi connectivity index (χ0n) is 32.2. The van der Waals surface area contributed by atoms with Gasteiger partial charge in [-0.05, 0) is 72.4 Å². The van der Waals surface area contributed by atoms with Crippen LogP contribution in [0.5, 0.6) is 0 Å². The highest BCUT2D eigenvalue weighted by atomic mass is 16.7. The van der Waals surface area contributed by atoms with E-state index < -0.39 is 0 Å². The summed E-state index contributed by atoms with van der Waals surface area (Å²) in [6.07, 6.45) is 34.2. The van der Waals surface area contributed by atoms with E-state index in [0.717, 1.165) is 96.4 Å². The van der Waals surface area contributed by atoms with Crippen molar-refractivity contribution < 1.29 is 28.5 Å². The Kier molecular flexibility index (Phi) is 35.3. The number of hydrogen-bond donors (Lipinski definition) is 0. The third kappa shape index (κ3) is 35.6. The van der Waals surface area contributed by atoms with Crippen molar-refractivity contribution in [3.8, 4) is 0 Å². The lowest BCUT2D eigenvalue weighted by molar-refractivity contribution is -0.164. The number of rotatable bonds is 36. The van der Waals surface area contributed by atoms with Gasteiger partial charge in [0.15, 0.2) is 6.29 Å². The third-order valence-corrected chi connectivity index (χ3v) is 8.55. The molecule has 0 aliphatic heterocycles. The predicted octanol–water partition coefficient (Wildman–Crippen LogP) is 10.9. The van der Waals surface area contributed by atoms with E-state index in [1.807, 2.05) is 33.2 Å².